The van der Waals surface area contributed by atoms with Gasteiger partial charge in [-0.2, -0.15) is 8.42 Å². The van der Waals surface area contributed by atoms with Gasteiger partial charge in [0, 0.05) is 6.07 Å². The molecule has 2 aromatic rings. The molecule has 7 heteroatoms. The monoisotopic (exact) mass is 388 g/mol. The molecule has 130 valence electrons. The van der Waals surface area contributed by atoms with Gasteiger partial charge in [0.25, 0.3) is 10.1 Å². The number of hydrogen-bond acceptors (Lipinski definition) is 4. The third-order valence-corrected chi connectivity index (χ3v) is 4.45. The van der Waals surface area contributed by atoms with Crippen LogP contribution < -0.4 is 61.2 Å². The summed E-state index contributed by atoms with van der Waals surface area (Å²) < 4.78 is 37.0. The molecule has 2 rings (SSSR count). The maximum atomic E-state index is 11.8. The Labute approximate surface area is 191 Å². The van der Waals surface area contributed by atoms with Crippen LogP contribution in [0.15, 0.2) is 47.4 Å². The fraction of sp³-hybridized carbons (Fsp3) is 0.333. The van der Waals surface area contributed by atoms with Crippen LogP contribution in [-0.2, 0) is 16.5 Å². The Balaban J connectivity index is 0.00000312. The van der Waals surface area contributed by atoms with E-state index >= 15 is 0 Å². The second-order valence-corrected chi connectivity index (χ2v) is 7.10. The molecule has 0 saturated carbocycles. The van der Waals surface area contributed by atoms with E-state index in [1.165, 1.54) is 30.7 Å². The topological polar surface area (TPSA) is 86.7 Å². The van der Waals surface area contributed by atoms with Crippen molar-refractivity contribution in [1.29, 1.82) is 0 Å². The summed E-state index contributed by atoms with van der Waals surface area (Å²) >= 11 is 0. The van der Waals surface area contributed by atoms with E-state index in [-0.39, 0.29) is 67.8 Å². The van der Waals surface area contributed by atoms with Gasteiger partial charge in [0.2, 0.25) is 0 Å². The van der Waals surface area contributed by atoms with Crippen LogP contribution in [0.5, 0.6) is 17.2 Å². The molecule has 0 saturated heterocycles. The van der Waals surface area contributed by atoms with Crippen molar-refractivity contribution in [2.24, 2.45) is 0 Å². The number of aryl methyl sites for hydroxylation is 1. The molecule has 0 bridgehead atoms. The molecule has 25 heavy (non-hydrogen) atoms. The minimum absolute atomic E-state index is 0. The van der Waals surface area contributed by atoms with Gasteiger partial charge in [-0.3, -0.25) is 4.55 Å². The van der Waals surface area contributed by atoms with Gasteiger partial charge in [-0.05, 0) is 42.7 Å². The van der Waals surface area contributed by atoms with Gasteiger partial charge in [-0.25, -0.2) is 0 Å². The first-order valence-electron chi connectivity index (χ1n) is 7.95. The largest absolute Gasteiger partial charge is 1.00 e. The van der Waals surface area contributed by atoms with Gasteiger partial charge < -0.3 is 9.84 Å². The Morgan fingerprint density at radius 1 is 1.04 bits per heavy atom. The second-order valence-electron chi connectivity index (χ2n) is 5.68. The fourth-order valence-corrected chi connectivity index (χ4v) is 2.94. The molecule has 0 aliphatic rings. The average Bonchev–Trinajstić information content (AvgIpc) is 2.50. The smallest absolute Gasteiger partial charge is 0.872 e. The Morgan fingerprint density at radius 3 is 2.48 bits per heavy atom. The molecule has 0 aliphatic carbocycles. The molecule has 0 amide bonds. The number of hydrogen-bond donors (Lipinski definition) is 1. The summed E-state index contributed by atoms with van der Waals surface area (Å²) in [6.45, 7) is 2.14. The molecular weight excluding hydrogens is 367 g/mol. The molecule has 0 spiro atoms. The molecule has 0 atom stereocenters. The van der Waals surface area contributed by atoms with E-state index in [1.807, 2.05) is 0 Å². The normalized spacial score (nSPS) is 11.0. The maximum Gasteiger partial charge on any atom is 1.00 e. The molecule has 0 unspecified atom stereocenters. The van der Waals surface area contributed by atoms with Crippen LogP contribution in [0.2, 0.25) is 0 Å². The van der Waals surface area contributed by atoms with Gasteiger partial charge in [0.15, 0.2) is 0 Å². The third-order valence-electron chi connectivity index (χ3n) is 3.60. The van der Waals surface area contributed by atoms with Gasteiger partial charge in [0.1, 0.15) is 11.5 Å². The SMILES string of the molecule is CCCCCCc1cc([O-])cc(Oc2cccc(S(=O)(=O)O)c2)c1.[K+]. The van der Waals surface area contributed by atoms with Gasteiger partial charge in [-0.1, -0.05) is 38.3 Å². The van der Waals surface area contributed by atoms with Crippen LogP contribution in [0.4, 0.5) is 0 Å². The van der Waals surface area contributed by atoms with Crippen molar-refractivity contribution in [2.75, 3.05) is 0 Å². The van der Waals surface area contributed by atoms with Crippen LogP contribution in [0, 0.1) is 0 Å². The zero-order valence-corrected chi connectivity index (χ0v) is 18.5. The van der Waals surface area contributed by atoms with Crippen molar-refractivity contribution in [3.63, 3.8) is 0 Å². The molecule has 0 aliphatic heterocycles. The minimum Gasteiger partial charge on any atom is -0.872 e. The number of rotatable bonds is 8. The molecule has 5 nitrogen and oxygen atoms in total. The quantitative estimate of drug-likeness (QED) is 0.413. The van der Waals surface area contributed by atoms with Crippen molar-refractivity contribution in [3.8, 4) is 17.2 Å². The number of benzene rings is 2. The summed E-state index contributed by atoms with van der Waals surface area (Å²) in [5, 5.41) is 11.8. The van der Waals surface area contributed by atoms with Crippen molar-refractivity contribution in [3.05, 3.63) is 48.0 Å². The van der Waals surface area contributed by atoms with Gasteiger partial charge >= 0.3 is 51.4 Å². The zero-order chi connectivity index (χ0) is 17.6. The van der Waals surface area contributed by atoms with Crippen LogP contribution in [0.1, 0.15) is 38.2 Å². The molecule has 2 aromatic carbocycles. The first-order valence-corrected chi connectivity index (χ1v) is 9.39. The summed E-state index contributed by atoms with van der Waals surface area (Å²) in [6, 6.07) is 10.2. The van der Waals surface area contributed by atoms with Crippen LogP contribution >= 0.6 is 0 Å². The third kappa shape index (κ3) is 7.78. The van der Waals surface area contributed by atoms with Crippen molar-refractivity contribution < 1.29 is 74.2 Å². The number of ether oxygens (including phenoxy) is 1. The Hall–Kier alpha value is -0.414. The van der Waals surface area contributed by atoms with Gasteiger partial charge in [0.05, 0.1) is 4.90 Å². The van der Waals surface area contributed by atoms with Crippen LogP contribution in [0.25, 0.3) is 0 Å². The summed E-state index contributed by atoms with van der Waals surface area (Å²) in [6.07, 6.45) is 5.25. The summed E-state index contributed by atoms with van der Waals surface area (Å²) in [7, 11) is -4.29. The van der Waals surface area contributed by atoms with E-state index < -0.39 is 10.1 Å². The molecule has 0 heterocycles. The van der Waals surface area contributed by atoms with E-state index in [0.717, 1.165) is 31.2 Å². The molecule has 1 N–H and O–H groups in total. The van der Waals surface area contributed by atoms with E-state index in [0.29, 0.717) is 5.75 Å². The first-order chi connectivity index (χ1) is 11.4. The van der Waals surface area contributed by atoms with Gasteiger partial charge in [-0.15, -0.1) is 5.75 Å². The maximum absolute atomic E-state index is 11.8. The van der Waals surface area contributed by atoms with E-state index in [9.17, 15) is 13.5 Å². The Bertz CT molecular complexity index is 790. The molecule has 0 fully saturated rings. The summed E-state index contributed by atoms with van der Waals surface area (Å²) in [5.41, 5.74) is 0.902. The molecular formula is C18H21KO5S. The minimum atomic E-state index is -4.29. The fourth-order valence-electron chi connectivity index (χ4n) is 2.42. The van der Waals surface area contributed by atoms with Crippen LogP contribution in [-0.4, -0.2) is 13.0 Å². The van der Waals surface area contributed by atoms with Crippen molar-refractivity contribution in [1.82, 2.24) is 0 Å². The van der Waals surface area contributed by atoms with Crippen LogP contribution in [0.3, 0.4) is 0 Å². The van der Waals surface area contributed by atoms with Crippen molar-refractivity contribution in [2.45, 2.75) is 43.9 Å². The Kier molecular flexibility index (Phi) is 9.65. The number of unbranched alkanes of at least 4 members (excludes halogenated alkanes) is 3. The molecule has 0 aromatic heterocycles. The first kappa shape index (κ1) is 22.6. The van der Waals surface area contributed by atoms with E-state index in [2.05, 4.69) is 6.92 Å². The molecule has 0 radical (unpaired) electrons. The zero-order valence-electron chi connectivity index (χ0n) is 14.6. The second kappa shape index (κ2) is 10.7. The van der Waals surface area contributed by atoms with E-state index in [4.69, 9.17) is 9.29 Å². The summed E-state index contributed by atoms with van der Waals surface area (Å²) in [4.78, 5) is -0.252. The Morgan fingerprint density at radius 2 is 1.80 bits per heavy atom. The predicted molar refractivity (Wildman–Crippen MR) is 90.1 cm³/mol. The van der Waals surface area contributed by atoms with E-state index in [1.54, 1.807) is 18.2 Å². The standard InChI is InChI=1S/C18H22O5S.K/c1-2-3-4-5-7-14-10-15(19)12-17(11-14)23-16-8-6-9-18(13-16)24(20,21)22;/h6,8-13,19H,2-5,7H2,1H3,(H,20,21,22);/q;+1/p-1. The average molecular weight is 389 g/mol. The predicted octanol–water partition coefficient (Wildman–Crippen LogP) is 0.926. The summed E-state index contributed by atoms with van der Waals surface area (Å²) in [5.74, 6) is 0.456. The van der Waals surface area contributed by atoms with Crippen molar-refractivity contribution >= 4 is 10.1 Å².